The van der Waals surface area contributed by atoms with Gasteiger partial charge >= 0.3 is 5.97 Å². The molecule has 3 aromatic rings. The molecule has 0 saturated carbocycles. The van der Waals surface area contributed by atoms with Gasteiger partial charge in [-0.1, -0.05) is 25.1 Å². The number of carbonyl (C=O) groups excluding carboxylic acids is 2. The van der Waals surface area contributed by atoms with Crippen molar-refractivity contribution in [1.29, 1.82) is 0 Å². The van der Waals surface area contributed by atoms with Gasteiger partial charge in [0.25, 0.3) is 0 Å². The molecule has 150 valence electrons. The first-order valence-electron chi connectivity index (χ1n) is 9.17. The Balaban J connectivity index is 1.73. The fraction of sp³-hybridized carbons (Fsp3) is 0.227. The van der Waals surface area contributed by atoms with Crippen molar-refractivity contribution in [3.8, 4) is 5.75 Å². The minimum atomic E-state index is -0.391. The predicted molar refractivity (Wildman–Crippen MR) is 113 cm³/mol. The van der Waals surface area contributed by atoms with Crippen LogP contribution in [0.4, 0.5) is 10.8 Å². The zero-order valence-corrected chi connectivity index (χ0v) is 17.4. The van der Waals surface area contributed by atoms with Gasteiger partial charge in [-0.2, -0.15) is 0 Å². The van der Waals surface area contributed by atoms with Crippen LogP contribution in [0.3, 0.4) is 0 Å². The third-order valence-corrected chi connectivity index (χ3v) is 5.20. The van der Waals surface area contributed by atoms with E-state index in [1.54, 1.807) is 29.2 Å². The summed E-state index contributed by atoms with van der Waals surface area (Å²) in [6, 6.07) is 14.5. The minimum absolute atomic E-state index is 0.0916. The lowest BCUT2D eigenvalue weighted by atomic mass is 10.1. The number of anilines is 2. The number of benzene rings is 2. The first kappa shape index (κ1) is 20.5. The molecule has 0 N–H and O–H groups in total. The second kappa shape index (κ2) is 9.34. The molecular weight excluding hydrogens is 388 g/mol. The molecule has 0 saturated heterocycles. The number of rotatable bonds is 7. The predicted octanol–water partition coefficient (Wildman–Crippen LogP) is 4.76. The molecule has 0 fully saturated rings. The molecule has 0 atom stereocenters. The Labute approximate surface area is 173 Å². The van der Waals surface area contributed by atoms with Crippen LogP contribution in [0.25, 0.3) is 0 Å². The van der Waals surface area contributed by atoms with E-state index < -0.39 is 5.97 Å². The summed E-state index contributed by atoms with van der Waals surface area (Å²) in [4.78, 5) is 30.0. The molecule has 0 spiro atoms. The average Bonchev–Trinajstić information content (AvgIpc) is 3.20. The number of hydrogen-bond donors (Lipinski definition) is 0. The Morgan fingerprint density at radius 1 is 1.10 bits per heavy atom. The van der Waals surface area contributed by atoms with Gasteiger partial charge in [0.1, 0.15) is 12.4 Å². The topological polar surface area (TPSA) is 68.7 Å². The van der Waals surface area contributed by atoms with Crippen LogP contribution in [0.2, 0.25) is 0 Å². The van der Waals surface area contributed by atoms with Crippen molar-refractivity contribution in [3.63, 3.8) is 0 Å². The fourth-order valence-electron chi connectivity index (χ4n) is 2.86. The zero-order valence-electron chi connectivity index (χ0n) is 16.5. The quantitative estimate of drug-likeness (QED) is 0.526. The van der Waals surface area contributed by atoms with Crippen LogP contribution in [0.15, 0.2) is 53.9 Å². The van der Waals surface area contributed by atoms with E-state index in [0.29, 0.717) is 16.4 Å². The molecule has 0 aliphatic rings. The Bertz CT molecular complexity index is 998. The number of ether oxygens (including phenoxy) is 2. The van der Waals surface area contributed by atoms with Crippen molar-refractivity contribution in [3.05, 3.63) is 70.7 Å². The third-order valence-electron chi connectivity index (χ3n) is 4.32. The first-order valence-corrected chi connectivity index (χ1v) is 10.1. The van der Waals surface area contributed by atoms with E-state index in [-0.39, 0.29) is 12.5 Å². The zero-order chi connectivity index (χ0) is 20.8. The van der Waals surface area contributed by atoms with E-state index in [0.717, 1.165) is 23.4 Å². The molecule has 0 radical (unpaired) electrons. The molecule has 0 unspecified atom stereocenters. The summed E-state index contributed by atoms with van der Waals surface area (Å²) in [7, 11) is 1.34. The molecule has 3 rings (SSSR count). The van der Waals surface area contributed by atoms with E-state index in [9.17, 15) is 9.59 Å². The number of nitrogens with zero attached hydrogens (tertiary/aromatic N) is 2. The first-order chi connectivity index (χ1) is 14.0. The van der Waals surface area contributed by atoms with Crippen LogP contribution in [-0.4, -0.2) is 24.0 Å². The van der Waals surface area contributed by atoms with Gasteiger partial charge in [-0.15, -0.1) is 11.3 Å². The van der Waals surface area contributed by atoms with Gasteiger partial charge in [0.2, 0.25) is 5.91 Å². The highest BCUT2D eigenvalue weighted by atomic mass is 32.1. The highest BCUT2D eigenvalue weighted by Crippen LogP contribution is 2.32. The molecule has 7 heteroatoms. The van der Waals surface area contributed by atoms with Gasteiger partial charge in [-0.3, -0.25) is 9.69 Å². The SMILES string of the molecule is CCc1ccccc1N(C(C)=O)c1nc(COc2ccc(C(=O)OC)cc2)cs1. The third kappa shape index (κ3) is 4.81. The van der Waals surface area contributed by atoms with Crippen LogP contribution >= 0.6 is 11.3 Å². The number of hydrogen-bond acceptors (Lipinski definition) is 6. The van der Waals surface area contributed by atoms with Crippen LogP contribution in [0.5, 0.6) is 5.75 Å². The summed E-state index contributed by atoms with van der Waals surface area (Å²) in [5, 5.41) is 2.49. The normalized spacial score (nSPS) is 10.4. The van der Waals surface area contributed by atoms with Gasteiger partial charge in [0.05, 0.1) is 24.1 Å². The molecule has 1 aromatic heterocycles. The van der Waals surface area contributed by atoms with Crippen LogP contribution in [0.1, 0.15) is 35.5 Å². The van der Waals surface area contributed by atoms with Crippen molar-refractivity contribution >= 4 is 34.0 Å². The summed E-state index contributed by atoms with van der Waals surface area (Å²) < 4.78 is 10.4. The standard InChI is InChI=1S/C22H22N2O4S/c1-4-16-7-5-6-8-20(16)24(15(2)25)22-23-18(14-29-22)13-28-19-11-9-17(10-12-19)21(26)27-3/h5-12,14H,4,13H2,1-3H3. The lowest BCUT2D eigenvalue weighted by Gasteiger charge is -2.20. The number of para-hydroxylation sites is 1. The maximum Gasteiger partial charge on any atom is 0.337 e. The van der Waals surface area contributed by atoms with Crippen LogP contribution in [-0.2, 0) is 22.6 Å². The lowest BCUT2D eigenvalue weighted by Crippen LogP contribution is -2.23. The summed E-state index contributed by atoms with van der Waals surface area (Å²) in [5.74, 6) is 0.135. The molecule has 0 bridgehead atoms. The number of esters is 1. The Hall–Kier alpha value is -3.19. The Morgan fingerprint density at radius 2 is 1.83 bits per heavy atom. The van der Waals surface area contributed by atoms with Crippen molar-refractivity contribution < 1.29 is 19.1 Å². The van der Waals surface area contributed by atoms with Gasteiger partial charge in [0.15, 0.2) is 5.13 Å². The maximum absolute atomic E-state index is 12.3. The maximum atomic E-state index is 12.3. The second-order valence-corrected chi connectivity index (χ2v) is 7.10. The molecule has 1 amide bonds. The minimum Gasteiger partial charge on any atom is -0.487 e. The summed E-state index contributed by atoms with van der Waals surface area (Å²) in [6.07, 6.45) is 0.822. The van der Waals surface area contributed by atoms with Crippen LogP contribution in [0, 0.1) is 0 Å². The van der Waals surface area contributed by atoms with Gasteiger partial charge in [-0.25, -0.2) is 9.78 Å². The molecule has 2 aromatic carbocycles. The van der Waals surface area contributed by atoms with Crippen molar-refractivity contribution in [2.75, 3.05) is 12.0 Å². The molecule has 0 aliphatic carbocycles. The highest BCUT2D eigenvalue weighted by molar-refractivity contribution is 7.14. The largest absolute Gasteiger partial charge is 0.487 e. The van der Waals surface area contributed by atoms with Crippen molar-refractivity contribution in [2.45, 2.75) is 26.9 Å². The molecule has 29 heavy (non-hydrogen) atoms. The Kier molecular flexibility index (Phi) is 6.61. The lowest BCUT2D eigenvalue weighted by molar-refractivity contribution is -0.115. The second-order valence-electron chi connectivity index (χ2n) is 6.26. The van der Waals surface area contributed by atoms with E-state index in [1.165, 1.54) is 25.4 Å². The summed E-state index contributed by atoms with van der Waals surface area (Å²) >= 11 is 1.40. The molecule has 6 nitrogen and oxygen atoms in total. The molecule has 1 heterocycles. The smallest absolute Gasteiger partial charge is 0.337 e. The molecular formula is C22H22N2O4S. The van der Waals surface area contributed by atoms with Crippen molar-refractivity contribution in [2.24, 2.45) is 0 Å². The number of aryl methyl sites for hydroxylation is 1. The van der Waals surface area contributed by atoms with Gasteiger partial charge in [0, 0.05) is 12.3 Å². The summed E-state index contributed by atoms with van der Waals surface area (Å²) in [6.45, 7) is 3.85. The van der Waals surface area contributed by atoms with Crippen LogP contribution < -0.4 is 9.64 Å². The van der Waals surface area contributed by atoms with Gasteiger partial charge < -0.3 is 9.47 Å². The monoisotopic (exact) mass is 410 g/mol. The number of carbonyl (C=O) groups is 2. The number of aromatic nitrogens is 1. The van der Waals surface area contributed by atoms with E-state index in [2.05, 4.69) is 16.6 Å². The average molecular weight is 410 g/mol. The van der Waals surface area contributed by atoms with E-state index >= 15 is 0 Å². The highest BCUT2D eigenvalue weighted by Gasteiger charge is 2.20. The number of amides is 1. The van der Waals surface area contributed by atoms with E-state index in [1.807, 2.05) is 29.6 Å². The molecule has 0 aliphatic heterocycles. The van der Waals surface area contributed by atoms with Gasteiger partial charge in [-0.05, 0) is 42.3 Å². The number of methoxy groups -OCH3 is 1. The fourth-order valence-corrected chi connectivity index (χ4v) is 3.73. The van der Waals surface area contributed by atoms with E-state index in [4.69, 9.17) is 4.74 Å². The number of thiazole rings is 1. The summed E-state index contributed by atoms with van der Waals surface area (Å²) in [5.41, 5.74) is 3.12. The van der Waals surface area contributed by atoms with Crippen molar-refractivity contribution in [1.82, 2.24) is 4.98 Å². The Morgan fingerprint density at radius 3 is 2.48 bits per heavy atom.